The largest absolute Gasteiger partial charge is 0.497 e. The number of carbonyl (C=O) groups excluding carboxylic acids is 1. The lowest BCUT2D eigenvalue weighted by atomic mass is 10.1. The number of aryl methyl sites for hydroxylation is 1. The van der Waals surface area contributed by atoms with Gasteiger partial charge in [0.2, 0.25) is 0 Å². The normalized spacial score (nSPS) is 11.1. The van der Waals surface area contributed by atoms with Crippen molar-refractivity contribution in [2.75, 3.05) is 25.5 Å². The van der Waals surface area contributed by atoms with E-state index < -0.39 is 15.9 Å². The zero-order chi connectivity index (χ0) is 22.4. The molecule has 0 spiro atoms. The standard InChI is InChI=1S/C22H24N2O5S2/c1-15-4-7-17(8-5-15)24-31(26,27)20-11-13-30-21(20)22(25)23-12-10-16-6-9-18(28-2)14-19(16)29-3/h4-9,11,13-14,24H,10,12H2,1-3H3,(H,23,25). The summed E-state index contributed by atoms with van der Waals surface area (Å²) in [6.07, 6.45) is 0.522. The van der Waals surface area contributed by atoms with Gasteiger partial charge in [0.1, 0.15) is 21.3 Å². The number of sulfonamides is 1. The second kappa shape index (κ2) is 9.84. The lowest BCUT2D eigenvalue weighted by Gasteiger charge is -2.12. The van der Waals surface area contributed by atoms with Crippen LogP contribution in [-0.4, -0.2) is 35.1 Å². The van der Waals surface area contributed by atoms with Crippen LogP contribution in [0.3, 0.4) is 0 Å². The Kier molecular flexibility index (Phi) is 7.19. The van der Waals surface area contributed by atoms with Gasteiger partial charge in [-0.15, -0.1) is 11.3 Å². The molecule has 0 aliphatic rings. The van der Waals surface area contributed by atoms with Crippen molar-refractivity contribution in [2.45, 2.75) is 18.2 Å². The summed E-state index contributed by atoms with van der Waals surface area (Å²) >= 11 is 1.08. The van der Waals surface area contributed by atoms with E-state index >= 15 is 0 Å². The molecule has 164 valence electrons. The van der Waals surface area contributed by atoms with Crippen LogP contribution in [0.15, 0.2) is 58.8 Å². The number of anilines is 1. The Morgan fingerprint density at radius 2 is 1.77 bits per heavy atom. The first-order chi connectivity index (χ1) is 14.8. The summed E-state index contributed by atoms with van der Waals surface area (Å²) in [5.41, 5.74) is 2.37. The highest BCUT2D eigenvalue weighted by molar-refractivity contribution is 7.93. The molecule has 0 radical (unpaired) electrons. The molecule has 3 aromatic rings. The molecule has 1 heterocycles. The Bertz CT molecular complexity index is 1150. The van der Waals surface area contributed by atoms with Crippen LogP contribution in [-0.2, 0) is 16.4 Å². The molecule has 0 unspecified atom stereocenters. The molecule has 0 atom stereocenters. The van der Waals surface area contributed by atoms with Gasteiger partial charge in [-0.25, -0.2) is 8.42 Å². The van der Waals surface area contributed by atoms with Crippen molar-refractivity contribution in [2.24, 2.45) is 0 Å². The van der Waals surface area contributed by atoms with E-state index in [1.165, 1.54) is 6.07 Å². The first-order valence-electron chi connectivity index (χ1n) is 9.50. The van der Waals surface area contributed by atoms with Gasteiger partial charge >= 0.3 is 0 Å². The smallest absolute Gasteiger partial charge is 0.263 e. The van der Waals surface area contributed by atoms with E-state index in [4.69, 9.17) is 9.47 Å². The summed E-state index contributed by atoms with van der Waals surface area (Å²) in [5, 5.41) is 4.38. The van der Waals surface area contributed by atoms with Crippen molar-refractivity contribution in [3.8, 4) is 11.5 Å². The molecule has 0 bridgehead atoms. The van der Waals surface area contributed by atoms with E-state index in [-0.39, 0.29) is 9.77 Å². The molecule has 3 rings (SSSR count). The summed E-state index contributed by atoms with van der Waals surface area (Å²) in [4.78, 5) is 12.8. The maximum atomic E-state index is 12.8. The highest BCUT2D eigenvalue weighted by Gasteiger charge is 2.24. The maximum absolute atomic E-state index is 12.8. The van der Waals surface area contributed by atoms with Gasteiger partial charge in [-0.3, -0.25) is 9.52 Å². The molecular formula is C22H24N2O5S2. The zero-order valence-corrected chi connectivity index (χ0v) is 19.1. The van der Waals surface area contributed by atoms with E-state index in [0.717, 1.165) is 22.5 Å². The van der Waals surface area contributed by atoms with Crippen molar-refractivity contribution < 1.29 is 22.7 Å². The SMILES string of the molecule is COc1ccc(CCNC(=O)c2sccc2S(=O)(=O)Nc2ccc(C)cc2)c(OC)c1. The monoisotopic (exact) mass is 460 g/mol. The Labute approximate surface area is 186 Å². The van der Waals surface area contributed by atoms with Gasteiger partial charge < -0.3 is 14.8 Å². The number of amides is 1. The molecule has 0 fully saturated rings. The van der Waals surface area contributed by atoms with Crippen molar-refractivity contribution in [3.63, 3.8) is 0 Å². The van der Waals surface area contributed by atoms with E-state index in [9.17, 15) is 13.2 Å². The van der Waals surface area contributed by atoms with Crippen molar-refractivity contribution in [1.29, 1.82) is 0 Å². The number of ether oxygens (including phenoxy) is 2. The number of methoxy groups -OCH3 is 2. The molecule has 9 heteroatoms. The molecule has 2 aromatic carbocycles. The summed E-state index contributed by atoms with van der Waals surface area (Å²) in [7, 11) is -0.740. The highest BCUT2D eigenvalue weighted by Crippen LogP contribution is 2.26. The van der Waals surface area contributed by atoms with Gasteiger partial charge in [0.05, 0.1) is 14.2 Å². The van der Waals surface area contributed by atoms with Crippen LogP contribution in [0.4, 0.5) is 5.69 Å². The predicted octanol–water partition coefficient (Wildman–Crippen LogP) is 3.85. The highest BCUT2D eigenvalue weighted by atomic mass is 32.2. The second-order valence-electron chi connectivity index (χ2n) is 6.77. The molecular weight excluding hydrogens is 436 g/mol. The molecule has 2 N–H and O–H groups in total. The van der Waals surface area contributed by atoms with Gasteiger partial charge in [0.25, 0.3) is 15.9 Å². The molecule has 1 amide bonds. The fourth-order valence-electron chi connectivity index (χ4n) is 2.96. The minimum absolute atomic E-state index is 0.0439. The first-order valence-corrected chi connectivity index (χ1v) is 11.9. The Morgan fingerprint density at radius 1 is 1.03 bits per heavy atom. The maximum Gasteiger partial charge on any atom is 0.263 e. The van der Waals surface area contributed by atoms with Crippen LogP contribution < -0.4 is 19.5 Å². The third-order valence-electron chi connectivity index (χ3n) is 4.60. The van der Waals surface area contributed by atoms with E-state index in [1.807, 2.05) is 31.2 Å². The quantitative estimate of drug-likeness (QED) is 0.506. The molecule has 0 saturated carbocycles. The molecule has 7 nitrogen and oxygen atoms in total. The van der Waals surface area contributed by atoms with E-state index in [0.29, 0.717) is 30.2 Å². The van der Waals surface area contributed by atoms with Crippen LogP contribution in [0.25, 0.3) is 0 Å². The van der Waals surface area contributed by atoms with Gasteiger partial charge in [-0.1, -0.05) is 23.8 Å². The fraction of sp³-hybridized carbons (Fsp3) is 0.227. The second-order valence-corrected chi connectivity index (χ2v) is 9.34. The number of thiophene rings is 1. The van der Waals surface area contributed by atoms with Crippen molar-refractivity contribution >= 4 is 33.0 Å². The lowest BCUT2D eigenvalue weighted by Crippen LogP contribution is -2.27. The number of nitrogens with one attached hydrogen (secondary N) is 2. The van der Waals surface area contributed by atoms with Crippen LogP contribution in [0.1, 0.15) is 20.8 Å². The molecule has 0 aliphatic heterocycles. The van der Waals surface area contributed by atoms with Crippen LogP contribution in [0.2, 0.25) is 0 Å². The molecule has 0 aliphatic carbocycles. The lowest BCUT2D eigenvalue weighted by molar-refractivity contribution is 0.0955. The summed E-state index contributed by atoms with van der Waals surface area (Å²) < 4.78 is 38.7. The van der Waals surface area contributed by atoms with Crippen molar-refractivity contribution in [3.05, 3.63) is 69.9 Å². The topological polar surface area (TPSA) is 93.7 Å². The Morgan fingerprint density at radius 3 is 2.45 bits per heavy atom. The van der Waals surface area contributed by atoms with Gasteiger partial charge in [-0.05, 0) is 48.6 Å². The summed E-state index contributed by atoms with van der Waals surface area (Å²) in [6, 6.07) is 13.9. The minimum Gasteiger partial charge on any atom is -0.497 e. The number of benzene rings is 2. The van der Waals surface area contributed by atoms with Crippen LogP contribution in [0.5, 0.6) is 11.5 Å². The van der Waals surface area contributed by atoms with Gasteiger partial charge in [-0.2, -0.15) is 0 Å². The Hall–Kier alpha value is -3.04. The van der Waals surface area contributed by atoms with Gasteiger partial charge in [0, 0.05) is 18.3 Å². The Balaban J connectivity index is 1.67. The number of carbonyl (C=O) groups is 1. The molecule has 31 heavy (non-hydrogen) atoms. The molecule has 1 aromatic heterocycles. The average molecular weight is 461 g/mol. The van der Waals surface area contributed by atoms with Gasteiger partial charge in [0.15, 0.2) is 0 Å². The summed E-state index contributed by atoms with van der Waals surface area (Å²) in [6.45, 7) is 2.24. The third-order valence-corrected chi connectivity index (χ3v) is 7.07. The predicted molar refractivity (Wildman–Crippen MR) is 122 cm³/mol. The molecule has 0 saturated heterocycles. The van der Waals surface area contributed by atoms with E-state index in [1.54, 1.807) is 37.8 Å². The zero-order valence-electron chi connectivity index (χ0n) is 17.5. The first kappa shape index (κ1) is 22.6. The average Bonchev–Trinajstić information content (AvgIpc) is 3.26. The third kappa shape index (κ3) is 5.56. The van der Waals surface area contributed by atoms with Crippen LogP contribution >= 0.6 is 11.3 Å². The minimum atomic E-state index is -3.89. The number of rotatable bonds is 9. The number of hydrogen-bond acceptors (Lipinski definition) is 6. The number of hydrogen-bond donors (Lipinski definition) is 2. The summed E-state index contributed by atoms with van der Waals surface area (Å²) in [5.74, 6) is 0.904. The van der Waals surface area contributed by atoms with Crippen LogP contribution in [0, 0.1) is 6.92 Å². The van der Waals surface area contributed by atoms with Crippen molar-refractivity contribution in [1.82, 2.24) is 5.32 Å². The fourth-order valence-corrected chi connectivity index (χ4v) is 5.36. The van der Waals surface area contributed by atoms with E-state index in [2.05, 4.69) is 10.0 Å².